The molecule has 0 amide bonds. The number of fused-ring (bicyclic) bond motifs is 1. The fourth-order valence-corrected chi connectivity index (χ4v) is 4.52. The highest BCUT2D eigenvalue weighted by atomic mass is 16.3. The first kappa shape index (κ1) is 15.4. The Morgan fingerprint density at radius 1 is 1.04 bits per heavy atom. The van der Waals surface area contributed by atoms with E-state index in [9.17, 15) is 5.11 Å². The fourth-order valence-electron chi connectivity index (χ4n) is 4.52. The maximum absolute atomic E-state index is 9.89. The third-order valence-corrected chi connectivity index (χ3v) is 5.87. The summed E-state index contributed by atoms with van der Waals surface area (Å²) in [6.45, 7) is 8.82. The molecule has 3 aliphatic rings. The van der Waals surface area contributed by atoms with Gasteiger partial charge in [0.25, 0.3) is 0 Å². The molecule has 4 heteroatoms. The van der Waals surface area contributed by atoms with Crippen molar-refractivity contribution in [3.8, 4) is 0 Å². The third kappa shape index (κ3) is 3.25. The lowest BCUT2D eigenvalue weighted by molar-refractivity contribution is 0.0528. The van der Waals surface area contributed by atoms with E-state index in [1.165, 1.54) is 37.2 Å². The largest absolute Gasteiger partial charge is 0.392 e. The maximum atomic E-state index is 9.89. The lowest BCUT2D eigenvalue weighted by Gasteiger charge is -2.42. The molecule has 0 saturated carbocycles. The van der Waals surface area contributed by atoms with Crippen LogP contribution >= 0.6 is 0 Å². The van der Waals surface area contributed by atoms with Crippen molar-refractivity contribution in [3.63, 3.8) is 0 Å². The van der Waals surface area contributed by atoms with E-state index < -0.39 is 0 Å². The molecule has 3 heterocycles. The van der Waals surface area contributed by atoms with Crippen molar-refractivity contribution in [3.05, 3.63) is 29.8 Å². The van der Waals surface area contributed by atoms with Gasteiger partial charge in [-0.2, -0.15) is 0 Å². The van der Waals surface area contributed by atoms with Gasteiger partial charge in [0.05, 0.1) is 6.10 Å². The van der Waals surface area contributed by atoms with Crippen LogP contribution in [0.15, 0.2) is 24.3 Å². The number of hydrogen-bond donors (Lipinski definition) is 1. The van der Waals surface area contributed by atoms with Crippen LogP contribution in [0, 0.1) is 0 Å². The van der Waals surface area contributed by atoms with E-state index in [-0.39, 0.29) is 6.10 Å². The van der Waals surface area contributed by atoms with Crippen LogP contribution in [-0.2, 0) is 6.54 Å². The Hall–Kier alpha value is -1.10. The van der Waals surface area contributed by atoms with Gasteiger partial charge in [-0.05, 0) is 43.9 Å². The molecule has 0 aromatic heterocycles. The van der Waals surface area contributed by atoms with Crippen molar-refractivity contribution in [1.29, 1.82) is 0 Å². The zero-order valence-electron chi connectivity index (χ0n) is 14.2. The summed E-state index contributed by atoms with van der Waals surface area (Å²) in [4.78, 5) is 7.55. The van der Waals surface area contributed by atoms with Gasteiger partial charge in [0.1, 0.15) is 0 Å². The second kappa shape index (κ2) is 6.42. The van der Waals surface area contributed by atoms with Crippen LogP contribution in [0.2, 0.25) is 0 Å². The first-order valence-corrected chi connectivity index (χ1v) is 9.19. The molecular weight excluding hydrogens is 286 g/mol. The summed E-state index contributed by atoms with van der Waals surface area (Å²) in [5.74, 6) is 0. The molecule has 1 aromatic carbocycles. The summed E-state index contributed by atoms with van der Waals surface area (Å²) in [6.07, 6.45) is 3.48. The lowest BCUT2D eigenvalue weighted by Crippen LogP contribution is -2.54. The van der Waals surface area contributed by atoms with Gasteiger partial charge in [0.15, 0.2) is 0 Å². The quantitative estimate of drug-likeness (QED) is 0.923. The number of hydrogen-bond acceptors (Lipinski definition) is 4. The van der Waals surface area contributed by atoms with Crippen LogP contribution in [0.3, 0.4) is 0 Å². The topological polar surface area (TPSA) is 30.0 Å². The minimum atomic E-state index is -0.119. The van der Waals surface area contributed by atoms with Crippen molar-refractivity contribution in [2.24, 2.45) is 0 Å². The zero-order chi connectivity index (χ0) is 15.8. The summed E-state index contributed by atoms with van der Waals surface area (Å²) in [7, 11) is 0. The highest BCUT2D eigenvalue weighted by Crippen LogP contribution is 2.27. The van der Waals surface area contributed by atoms with Gasteiger partial charge in [0.2, 0.25) is 0 Å². The molecule has 3 saturated heterocycles. The standard InChI is InChI=1S/C19H29N3O/c1-15-11-22-14-19(23)10-18(22)13-21(15)12-16-4-6-17(7-5-16)20-8-2-3-9-20/h4-7,15,18-19,23H,2-3,8-14H2,1H3/t15-,18-,19+/m0/s1. The van der Waals surface area contributed by atoms with Gasteiger partial charge in [-0.1, -0.05) is 12.1 Å². The molecule has 1 aromatic rings. The van der Waals surface area contributed by atoms with Gasteiger partial charge in [-0.3, -0.25) is 9.80 Å². The minimum absolute atomic E-state index is 0.119. The van der Waals surface area contributed by atoms with Gasteiger partial charge < -0.3 is 10.0 Å². The molecule has 0 spiro atoms. The zero-order valence-corrected chi connectivity index (χ0v) is 14.2. The number of aliphatic hydroxyl groups is 1. The first-order valence-electron chi connectivity index (χ1n) is 9.19. The Kier molecular flexibility index (Phi) is 4.31. The van der Waals surface area contributed by atoms with Crippen LogP contribution in [-0.4, -0.2) is 65.8 Å². The van der Waals surface area contributed by atoms with Crippen LogP contribution < -0.4 is 4.90 Å². The van der Waals surface area contributed by atoms with E-state index in [0.29, 0.717) is 12.1 Å². The molecular formula is C19H29N3O. The van der Waals surface area contributed by atoms with E-state index in [0.717, 1.165) is 32.6 Å². The van der Waals surface area contributed by atoms with Crippen molar-refractivity contribution >= 4 is 5.69 Å². The molecule has 126 valence electrons. The number of rotatable bonds is 3. The summed E-state index contributed by atoms with van der Waals surface area (Å²) < 4.78 is 0. The van der Waals surface area contributed by atoms with E-state index in [4.69, 9.17) is 0 Å². The van der Waals surface area contributed by atoms with Gasteiger partial charge in [-0.25, -0.2) is 0 Å². The van der Waals surface area contributed by atoms with E-state index in [1.54, 1.807) is 0 Å². The number of nitrogens with zero attached hydrogens (tertiary/aromatic N) is 3. The monoisotopic (exact) mass is 315 g/mol. The predicted molar refractivity (Wildman–Crippen MR) is 93.7 cm³/mol. The minimum Gasteiger partial charge on any atom is -0.392 e. The van der Waals surface area contributed by atoms with Crippen molar-refractivity contribution in [2.75, 3.05) is 37.6 Å². The summed E-state index contributed by atoms with van der Waals surface area (Å²) >= 11 is 0. The van der Waals surface area contributed by atoms with Crippen LogP contribution in [0.4, 0.5) is 5.69 Å². The van der Waals surface area contributed by atoms with Crippen LogP contribution in [0.1, 0.15) is 31.7 Å². The van der Waals surface area contributed by atoms with Crippen molar-refractivity contribution < 1.29 is 5.11 Å². The van der Waals surface area contributed by atoms with E-state index in [2.05, 4.69) is 45.9 Å². The predicted octanol–water partition coefficient (Wildman–Crippen LogP) is 1.93. The van der Waals surface area contributed by atoms with Crippen LogP contribution in [0.25, 0.3) is 0 Å². The Balaban J connectivity index is 1.39. The second-order valence-corrected chi connectivity index (χ2v) is 7.64. The van der Waals surface area contributed by atoms with Gasteiger partial charge >= 0.3 is 0 Å². The molecule has 3 aliphatic heterocycles. The highest BCUT2D eigenvalue weighted by Gasteiger charge is 2.37. The number of piperazine rings is 1. The summed E-state index contributed by atoms with van der Waals surface area (Å²) in [5.41, 5.74) is 2.79. The molecule has 23 heavy (non-hydrogen) atoms. The second-order valence-electron chi connectivity index (χ2n) is 7.64. The molecule has 1 N–H and O–H groups in total. The van der Waals surface area contributed by atoms with Crippen LogP contribution in [0.5, 0.6) is 0 Å². The normalized spacial score (nSPS) is 32.4. The number of aliphatic hydroxyl groups excluding tert-OH is 1. The lowest BCUT2D eigenvalue weighted by atomic mass is 10.1. The Labute approximate surface area is 139 Å². The molecule has 4 rings (SSSR count). The molecule has 4 nitrogen and oxygen atoms in total. The highest BCUT2D eigenvalue weighted by molar-refractivity contribution is 5.48. The number of benzene rings is 1. The maximum Gasteiger partial charge on any atom is 0.0682 e. The SMILES string of the molecule is C[C@H]1CN2C[C@H](O)C[C@H]2CN1Cc1ccc(N2CCCC2)cc1. The molecule has 0 radical (unpaired) electrons. The Morgan fingerprint density at radius 2 is 1.78 bits per heavy atom. The molecule has 3 fully saturated rings. The molecule has 0 aliphatic carbocycles. The molecule has 0 bridgehead atoms. The van der Waals surface area contributed by atoms with Crippen molar-refractivity contribution in [2.45, 2.75) is 50.9 Å². The summed E-state index contributed by atoms with van der Waals surface area (Å²) in [5, 5.41) is 9.89. The van der Waals surface area contributed by atoms with E-state index in [1.807, 2.05) is 0 Å². The molecule has 0 unspecified atom stereocenters. The summed E-state index contributed by atoms with van der Waals surface area (Å²) in [6, 6.07) is 10.3. The molecule has 3 atom stereocenters. The van der Waals surface area contributed by atoms with Gasteiger partial charge in [-0.15, -0.1) is 0 Å². The average molecular weight is 315 g/mol. The smallest absolute Gasteiger partial charge is 0.0682 e. The Bertz CT molecular complexity index is 526. The fraction of sp³-hybridized carbons (Fsp3) is 0.684. The number of anilines is 1. The Morgan fingerprint density at radius 3 is 2.52 bits per heavy atom. The van der Waals surface area contributed by atoms with E-state index >= 15 is 0 Å². The van der Waals surface area contributed by atoms with Gasteiger partial charge in [0, 0.05) is 57.0 Å². The first-order chi connectivity index (χ1) is 11.2. The van der Waals surface area contributed by atoms with Crippen molar-refractivity contribution in [1.82, 2.24) is 9.80 Å². The average Bonchev–Trinajstić information content (AvgIpc) is 3.17. The third-order valence-electron chi connectivity index (χ3n) is 5.87.